The molecule has 2 nitrogen and oxygen atoms in total. The van der Waals surface area contributed by atoms with E-state index in [-0.39, 0.29) is 0 Å². The van der Waals surface area contributed by atoms with Crippen LogP contribution in [0.5, 0.6) is 0 Å². The first-order valence-electron chi connectivity index (χ1n) is 7.47. The summed E-state index contributed by atoms with van der Waals surface area (Å²) < 4.78 is 0. The van der Waals surface area contributed by atoms with E-state index < -0.39 is 0 Å². The molecule has 1 aliphatic rings. The van der Waals surface area contributed by atoms with E-state index >= 15 is 0 Å². The van der Waals surface area contributed by atoms with Gasteiger partial charge in [0.1, 0.15) is 0 Å². The molecule has 0 aromatic heterocycles. The molecule has 1 N–H and O–H groups in total. The van der Waals surface area contributed by atoms with Crippen molar-refractivity contribution < 1.29 is 0 Å². The van der Waals surface area contributed by atoms with Crippen molar-refractivity contribution in [3.05, 3.63) is 34.9 Å². The normalized spacial score (nSPS) is 19.1. The first kappa shape index (κ1) is 14.8. The maximum Gasteiger partial charge on any atom is 0.0453 e. The van der Waals surface area contributed by atoms with Gasteiger partial charge < -0.3 is 10.2 Å². The molecule has 0 spiro atoms. The molecule has 0 saturated carbocycles. The summed E-state index contributed by atoms with van der Waals surface area (Å²) in [6, 6.07) is 8.42. The second-order valence-corrected chi connectivity index (χ2v) is 5.86. The molecule has 1 unspecified atom stereocenters. The van der Waals surface area contributed by atoms with E-state index in [4.69, 9.17) is 11.6 Å². The minimum atomic E-state index is 0.320. The Labute approximate surface area is 122 Å². The van der Waals surface area contributed by atoms with Crippen LogP contribution in [0.15, 0.2) is 24.3 Å². The Morgan fingerprint density at radius 2 is 1.84 bits per heavy atom. The van der Waals surface area contributed by atoms with Crippen molar-refractivity contribution in [1.29, 1.82) is 0 Å². The van der Waals surface area contributed by atoms with E-state index in [1.165, 1.54) is 44.3 Å². The Balaban J connectivity index is 1.74. The molecule has 2 rings (SSSR count). The first-order chi connectivity index (χ1) is 9.27. The van der Waals surface area contributed by atoms with Crippen LogP contribution < -0.4 is 5.32 Å². The smallest absolute Gasteiger partial charge is 0.0453 e. The fraction of sp³-hybridized carbons (Fsp3) is 0.625. The van der Waals surface area contributed by atoms with Crippen LogP contribution in [0.25, 0.3) is 0 Å². The van der Waals surface area contributed by atoms with Crippen LogP contribution >= 0.6 is 11.6 Å². The molecular formula is C16H25ClN2. The molecule has 1 saturated heterocycles. The second-order valence-electron chi connectivity index (χ2n) is 5.45. The predicted molar refractivity (Wildman–Crippen MR) is 82.8 cm³/mol. The largest absolute Gasteiger partial charge is 0.309 e. The minimum absolute atomic E-state index is 0.320. The van der Waals surface area contributed by atoms with E-state index in [2.05, 4.69) is 23.2 Å². The molecular weight excluding hydrogens is 256 g/mol. The number of nitrogens with zero attached hydrogens (tertiary/aromatic N) is 1. The van der Waals surface area contributed by atoms with Gasteiger partial charge in [0.15, 0.2) is 0 Å². The van der Waals surface area contributed by atoms with E-state index in [0.29, 0.717) is 6.04 Å². The molecule has 0 radical (unpaired) electrons. The van der Waals surface area contributed by atoms with Crippen molar-refractivity contribution in [2.75, 3.05) is 26.2 Å². The summed E-state index contributed by atoms with van der Waals surface area (Å²) in [7, 11) is 0. The third-order valence-corrected chi connectivity index (χ3v) is 4.29. The van der Waals surface area contributed by atoms with Crippen LogP contribution in [0.4, 0.5) is 0 Å². The lowest BCUT2D eigenvalue weighted by molar-refractivity contribution is 0.280. The number of likely N-dealkylation sites (tertiary alicyclic amines) is 1. The molecule has 3 heteroatoms. The molecule has 1 fully saturated rings. The molecule has 0 aliphatic carbocycles. The fourth-order valence-electron chi connectivity index (χ4n) is 2.74. The average Bonchev–Trinajstić information content (AvgIpc) is 2.68. The Hall–Kier alpha value is -0.570. The molecule has 0 bridgehead atoms. The quantitative estimate of drug-likeness (QED) is 0.881. The number of hydrogen-bond donors (Lipinski definition) is 1. The van der Waals surface area contributed by atoms with Crippen LogP contribution in [-0.4, -0.2) is 31.1 Å². The number of hydrogen-bond acceptors (Lipinski definition) is 2. The standard InChI is InChI=1S/C16H25ClN2/c1-14(15-8-4-5-9-16(15)17)18-10-13-19-11-6-2-3-7-12-19/h4-5,8-9,14,18H,2-3,6-7,10-13H2,1H3. The Bertz CT molecular complexity index is 373. The lowest BCUT2D eigenvalue weighted by Gasteiger charge is -2.22. The highest BCUT2D eigenvalue weighted by molar-refractivity contribution is 6.31. The Morgan fingerprint density at radius 1 is 1.16 bits per heavy atom. The van der Waals surface area contributed by atoms with Crippen molar-refractivity contribution in [3.8, 4) is 0 Å². The zero-order valence-electron chi connectivity index (χ0n) is 11.9. The van der Waals surface area contributed by atoms with Gasteiger partial charge in [0.25, 0.3) is 0 Å². The van der Waals surface area contributed by atoms with Gasteiger partial charge in [-0.2, -0.15) is 0 Å². The third-order valence-electron chi connectivity index (χ3n) is 3.95. The van der Waals surface area contributed by atoms with Crippen LogP contribution in [0, 0.1) is 0 Å². The highest BCUT2D eigenvalue weighted by Crippen LogP contribution is 2.21. The van der Waals surface area contributed by atoms with Gasteiger partial charge >= 0.3 is 0 Å². The topological polar surface area (TPSA) is 15.3 Å². The summed E-state index contributed by atoms with van der Waals surface area (Å²) in [6.07, 6.45) is 5.53. The average molecular weight is 281 g/mol. The minimum Gasteiger partial charge on any atom is -0.309 e. The predicted octanol–water partition coefficient (Wildman–Crippen LogP) is 3.87. The number of halogens is 1. The Kier molecular flexibility index (Phi) is 6.15. The van der Waals surface area contributed by atoms with E-state index in [9.17, 15) is 0 Å². The number of rotatable bonds is 5. The highest BCUT2D eigenvalue weighted by atomic mass is 35.5. The molecule has 19 heavy (non-hydrogen) atoms. The molecule has 1 atom stereocenters. The molecule has 1 aromatic carbocycles. The van der Waals surface area contributed by atoms with Crippen LogP contribution in [0.3, 0.4) is 0 Å². The highest BCUT2D eigenvalue weighted by Gasteiger charge is 2.11. The number of nitrogens with one attached hydrogen (secondary N) is 1. The summed E-state index contributed by atoms with van der Waals surface area (Å²) in [5.41, 5.74) is 1.19. The first-order valence-corrected chi connectivity index (χ1v) is 7.85. The van der Waals surface area contributed by atoms with Crippen molar-refractivity contribution >= 4 is 11.6 Å². The maximum atomic E-state index is 6.22. The van der Waals surface area contributed by atoms with Gasteiger partial charge in [-0.15, -0.1) is 0 Å². The van der Waals surface area contributed by atoms with Crippen molar-refractivity contribution in [3.63, 3.8) is 0 Å². The summed E-state index contributed by atoms with van der Waals surface area (Å²) in [5, 5.41) is 4.44. The van der Waals surface area contributed by atoms with Crippen molar-refractivity contribution in [1.82, 2.24) is 10.2 Å². The monoisotopic (exact) mass is 280 g/mol. The second kappa shape index (κ2) is 7.88. The van der Waals surface area contributed by atoms with Gasteiger partial charge in [0, 0.05) is 24.2 Å². The van der Waals surface area contributed by atoms with Crippen LogP contribution in [-0.2, 0) is 0 Å². The van der Waals surface area contributed by atoms with Crippen molar-refractivity contribution in [2.24, 2.45) is 0 Å². The van der Waals surface area contributed by atoms with E-state index in [1.807, 2.05) is 18.2 Å². The summed E-state index contributed by atoms with van der Waals surface area (Å²) in [6.45, 7) is 6.90. The van der Waals surface area contributed by atoms with Gasteiger partial charge in [-0.05, 0) is 44.5 Å². The molecule has 1 aliphatic heterocycles. The van der Waals surface area contributed by atoms with Gasteiger partial charge in [-0.25, -0.2) is 0 Å². The lowest BCUT2D eigenvalue weighted by Crippen LogP contribution is -2.33. The molecule has 106 valence electrons. The fourth-order valence-corrected chi connectivity index (χ4v) is 3.03. The molecule has 1 aromatic rings. The molecule has 1 heterocycles. The van der Waals surface area contributed by atoms with E-state index in [0.717, 1.165) is 18.1 Å². The maximum absolute atomic E-state index is 6.22. The summed E-state index contributed by atoms with van der Waals surface area (Å²) >= 11 is 6.22. The number of benzene rings is 1. The summed E-state index contributed by atoms with van der Waals surface area (Å²) in [5.74, 6) is 0. The molecule has 0 amide bonds. The summed E-state index contributed by atoms with van der Waals surface area (Å²) in [4.78, 5) is 2.58. The Morgan fingerprint density at radius 3 is 2.53 bits per heavy atom. The van der Waals surface area contributed by atoms with Crippen LogP contribution in [0.2, 0.25) is 5.02 Å². The van der Waals surface area contributed by atoms with Crippen LogP contribution in [0.1, 0.15) is 44.2 Å². The van der Waals surface area contributed by atoms with E-state index in [1.54, 1.807) is 0 Å². The zero-order chi connectivity index (χ0) is 13.5. The van der Waals surface area contributed by atoms with Gasteiger partial charge in [-0.3, -0.25) is 0 Å². The SMILES string of the molecule is CC(NCCN1CCCCCC1)c1ccccc1Cl. The zero-order valence-corrected chi connectivity index (χ0v) is 12.6. The lowest BCUT2D eigenvalue weighted by atomic mass is 10.1. The van der Waals surface area contributed by atoms with Gasteiger partial charge in [0.2, 0.25) is 0 Å². The van der Waals surface area contributed by atoms with Gasteiger partial charge in [-0.1, -0.05) is 42.6 Å². The van der Waals surface area contributed by atoms with Crippen molar-refractivity contribution in [2.45, 2.75) is 38.6 Å². The third kappa shape index (κ3) is 4.79. The van der Waals surface area contributed by atoms with Gasteiger partial charge in [0.05, 0.1) is 0 Å².